The Kier molecular flexibility index (Phi) is 9.02. The minimum Gasteiger partial charge on any atom is -0.343 e. The van der Waals surface area contributed by atoms with E-state index < -0.39 is 6.80 Å². The lowest BCUT2D eigenvalue weighted by Crippen LogP contribution is -2.17. The van der Waals surface area contributed by atoms with Gasteiger partial charge in [0, 0.05) is 12.7 Å². The van der Waals surface area contributed by atoms with Crippen molar-refractivity contribution in [1.82, 2.24) is 15.3 Å². The average Bonchev–Trinajstić information content (AvgIpc) is 2.88. The first-order chi connectivity index (χ1) is 17.1. The lowest BCUT2D eigenvalue weighted by Gasteiger charge is -2.26. The standard InChI is InChI=1S/C30H37FN4/c1-22-12-13-24(19-25(22)16-18-32-20-26-8-3-4-17-33-26)14-15-27-23(2)7-5-9-28(27)29-10-6-11-30(35-29)34-21-31/h3-4,6,8,10-13,17,19,23,32H,5,7,9,14-16,18,20-21H2,1-2H3,(H,34,35). The summed E-state index contributed by atoms with van der Waals surface area (Å²) in [6.07, 6.45) is 8.37. The smallest absolute Gasteiger partial charge is 0.160 e. The molecule has 0 aliphatic heterocycles. The first kappa shape index (κ1) is 25.1. The third kappa shape index (κ3) is 6.98. The third-order valence-corrected chi connectivity index (χ3v) is 7.05. The number of nitrogens with zero attached hydrogens (tertiary/aromatic N) is 2. The molecule has 0 saturated heterocycles. The zero-order valence-corrected chi connectivity index (χ0v) is 21.0. The number of alkyl halides is 1. The molecule has 3 aromatic rings. The summed E-state index contributed by atoms with van der Waals surface area (Å²) in [6.45, 7) is 5.66. The third-order valence-electron chi connectivity index (χ3n) is 7.05. The molecule has 35 heavy (non-hydrogen) atoms. The number of halogens is 1. The Morgan fingerprint density at radius 1 is 1.03 bits per heavy atom. The van der Waals surface area contributed by atoms with Crippen molar-refractivity contribution < 1.29 is 4.39 Å². The molecule has 1 aromatic carbocycles. The Hall–Kier alpha value is -3.05. The van der Waals surface area contributed by atoms with Gasteiger partial charge in [0.15, 0.2) is 6.80 Å². The Bertz CT molecular complexity index is 1130. The van der Waals surface area contributed by atoms with Crippen molar-refractivity contribution in [2.24, 2.45) is 5.92 Å². The molecular weight excluding hydrogens is 435 g/mol. The number of benzene rings is 1. The minimum atomic E-state index is -0.604. The summed E-state index contributed by atoms with van der Waals surface area (Å²) in [5.41, 5.74) is 9.09. The molecule has 0 spiro atoms. The van der Waals surface area contributed by atoms with Crippen LogP contribution in [0.15, 0.2) is 66.4 Å². The molecule has 2 aromatic heterocycles. The lowest BCUT2D eigenvalue weighted by atomic mass is 9.79. The van der Waals surface area contributed by atoms with Crippen LogP contribution in [0, 0.1) is 12.8 Å². The fraction of sp³-hybridized carbons (Fsp3) is 0.400. The van der Waals surface area contributed by atoms with Crippen LogP contribution in [0.4, 0.5) is 10.2 Å². The molecule has 0 radical (unpaired) electrons. The van der Waals surface area contributed by atoms with Gasteiger partial charge in [-0.05, 0) is 104 Å². The van der Waals surface area contributed by atoms with Crippen molar-refractivity contribution in [1.29, 1.82) is 0 Å². The monoisotopic (exact) mass is 472 g/mol. The zero-order chi connectivity index (χ0) is 24.5. The quantitative estimate of drug-likeness (QED) is 0.242. The van der Waals surface area contributed by atoms with Crippen molar-refractivity contribution in [3.63, 3.8) is 0 Å². The van der Waals surface area contributed by atoms with Crippen LogP contribution in [0.2, 0.25) is 0 Å². The number of anilines is 1. The first-order valence-corrected chi connectivity index (χ1v) is 12.8. The fourth-order valence-electron chi connectivity index (χ4n) is 5.05. The number of aryl methyl sites for hydroxylation is 2. The zero-order valence-electron chi connectivity index (χ0n) is 21.0. The van der Waals surface area contributed by atoms with E-state index in [4.69, 9.17) is 4.98 Å². The number of nitrogens with one attached hydrogen (secondary N) is 2. The van der Waals surface area contributed by atoms with Gasteiger partial charge in [-0.25, -0.2) is 9.37 Å². The van der Waals surface area contributed by atoms with Crippen LogP contribution >= 0.6 is 0 Å². The summed E-state index contributed by atoms with van der Waals surface area (Å²) in [7, 11) is 0. The largest absolute Gasteiger partial charge is 0.343 e. The van der Waals surface area contributed by atoms with Gasteiger partial charge in [-0.2, -0.15) is 0 Å². The maximum Gasteiger partial charge on any atom is 0.160 e. The van der Waals surface area contributed by atoms with E-state index in [1.54, 1.807) is 0 Å². The van der Waals surface area contributed by atoms with Gasteiger partial charge < -0.3 is 10.6 Å². The molecule has 2 heterocycles. The van der Waals surface area contributed by atoms with Gasteiger partial charge in [0.05, 0.1) is 11.4 Å². The second-order valence-electron chi connectivity index (χ2n) is 9.52. The Morgan fingerprint density at radius 2 is 1.94 bits per heavy atom. The second kappa shape index (κ2) is 12.6. The Balaban J connectivity index is 1.42. The summed E-state index contributed by atoms with van der Waals surface area (Å²) in [5.74, 6) is 1.16. The van der Waals surface area contributed by atoms with Crippen LogP contribution in [0.25, 0.3) is 5.57 Å². The van der Waals surface area contributed by atoms with E-state index in [1.807, 2.05) is 30.5 Å². The summed E-state index contributed by atoms with van der Waals surface area (Å²) in [5, 5.41) is 6.22. The number of hydrogen-bond donors (Lipinski definition) is 2. The molecular formula is C30H37FN4. The summed E-state index contributed by atoms with van der Waals surface area (Å²) in [6, 6.07) is 18.8. The Labute approximate surface area is 209 Å². The van der Waals surface area contributed by atoms with Gasteiger partial charge in [-0.3, -0.25) is 4.98 Å². The van der Waals surface area contributed by atoms with E-state index in [0.29, 0.717) is 11.7 Å². The highest BCUT2D eigenvalue weighted by Gasteiger charge is 2.21. The molecule has 5 heteroatoms. The number of hydrogen-bond acceptors (Lipinski definition) is 4. The molecule has 4 rings (SSSR count). The second-order valence-corrected chi connectivity index (χ2v) is 9.52. The molecule has 0 saturated carbocycles. The van der Waals surface area contributed by atoms with E-state index in [2.05, 4.69) is 59.8 Å². The van der Waals surface area contributed by atoms with Gasteiger partial charge in [0.2, 0.25) is 0 Å². The maximum absolute atomic E-state index is 12.8. The van der Waals surface area contributed by atoms with Gasteiger partial charge in [-0.1, -0.05) is 42.8 Å². The predicted molar refractivity (Wildman–Crippen MR) is 143 cm³/mol. The number of aromatic nitrogens is 2. The number of rotatable bonds is 11. The van der Waals surface area contributed by atoms with Crippen molar-refractivity contribution in [2.45, 2.75) is 58.9 Å². The number of pyridine rings is 2. The Morgan fingerprint density at radius 3 is 2.77 bits per heavy atom. The van der Waals surface area contributed by atoms with E-state index >= 15 is 0 Å². The molecule has 184 valence electrons. The van der Waals surface area contributed by atoms with E-state index in [9.17, 15) is 4.39 Å². The van der Waals surface area contributed by atoms with E-state index in [-0.39, 0.29) is 0 Å². The molecule has 0 amide bonds. The van der Waals surface area contributed by atoms with Crippen molar-refractivity contribution in [3.8, 4) is 0 Å². The number of allylic oxidation sites excluding steroid dienone is 2. The highest BCUT2D eigenvalue weighted by Crippen LogP contribution is 2.38. The van der Waals surface area contributed by atoms with Crippen LogP contribution in [-0.2, 0) is 19.4 Å². The van der Waals surface area contributed by atoms with Crippen LogP contribution in [-0.4, -0.2) is 23.3 Å². The lowest BCUT2D eigenvalue weighted by molar-refractivity contribution is 0.534. The topological polar surface area (TPSA) is 49.8 Å². The van der Waals surface area contributed by atoms with Gasteiger partial charge in [-0.15, -0.1) is 0 Å². The minimum absolute atomic E-state index is 0.555. The van der Waals surface area contributed by atoms with Crippen molar-refractivity contribution in [2.75, 3.05) is 18.7 Å². The van der Waals surface area contributed by atoms with Crippen LogP contribution in [0.3, 0.4) is 0 Å². The van der Waals surface area contributed by atoms with Gasteiger partial charge in [0.1, 0.15) is 5.82 Å². The molecule has 1 atom stereocenters. The van der Waals surface area contributed by atoms with E-state index in [0.717, 1.165) is 50.2 Å². The summed E-state index contributed by atoms with van der Waals surface area (Å²) < 4.78 is 12.8. The van der Waals surface area contributed by atoms with E-state index in [1.165, 1.54) is 40.7 Å². The molecule has 2 N–H and O–H groups in total. The summed E-state index contributed by atoms with van der Waals surface area (Å²) >= 11 is 0. The van der Waals surface area contributed by atoms with Crippen LogP contribution in [0.1, 0.15) is 60.7 Å². The maximum atomic E-state index is 12.8. The van der Waals surface area contributed by atoms with Crippen LogP contribution in [0.5, 0.6) is 0 Å². The fourth-order valence-corrected chi connectivity index (χ4v) is 5.05. The molecule has 0 fully saturated rings. The first-order valence-electron chi connectivity index (χ1n) is 12.8. The van der Waals surface area contributed by atoms with Crippen molar-refractivity contribution >= 4 is 11.4 Å². The molecule has 1 aliphatic rings. The average molecular weight is 473 g/mol. The summed E-state index contributed by atoms with van der Waals surface area (Å²) in [4.78, 5) is 9.08. The van der Waals surface area contributed by atoms with Gasteiger partial charge >= 0.3 is 0 Å². The predicted octanol–water partition coefficient (Wildman–Crippen LogP) is 6.66. The molecule has 4 nitrogen and oxygen atoms in total. The van der Waals surface area contributed by atoms with Crippen molar-refractivity contribution in [3.05, 3.63) is 94.4 Å². The van der Waals surface area contributed by atoms with Gasteiger partial charge in [0.25, 0.3) is 0 Å². The highest BCUT2D eigenvalue weighted by molar-refractivity contribution is 5.68. The normalized spacial score (nSPS) is 15.9. The molecule has 1 unspecified atom stereocenters. The highest BCUT2D eigenvalue weighted by atomic mass is 19.1. The SMILES string of the molecule is Cc1ccc(CCC2=C(c3cccc(NCF)n3)CCCC2C)cc1CCNCc1ccccn1. The molecule has 1 aliphatic carbocycles. The molecule has 0 bridgehead atoms. The van der Waals surface area contributed by atoms with Crippen LogP contribution < -0.4 is 10.6 Å².